The van der Waals surface area contributed by atoms with Crippen molar-refractivity contribution in [3.05, 3.63) is 77.3 Å². The monoisotopic (exact) mass is 290 g/mol. The molecule has 0 fully saturated rings. The molecule has 1 heterocycles. The molecule has 0 atom stereocenters. The topological polar surface area (TPSA) is 35.8 Å². The summed E-state index contributed by atoms with van der Waals surface area (Å²) in [4.78, 5) is 1.21. The number of nitriles is 1. The number of hydrogen-bond acceptors (Lipinski definition) is 3. The van der Waals surface area contributed by atoms with Gasteiger partial charge in [0.2, 0.25) is 0 Å². The third-order valence-corrected chi connectivity index (χ3v) is 4.29. The van der Waals surface area contributed by atoms with Crippen LogP contribution in [0.25, 0.3) is 10.1 Å². The lowest BCUT2D eigenvalue weighted by atomic mass is 10.2. The van der Waals surface area contributed by atoms with Crippen LogP contribution in [-0.4, -0.2) is 0 Å². The standard InChI is InChI=1S/C18H14N2S/c19-12-14(13-20-16-7-2-1-3-8-16)10-17-11-15-6-4-5-9-18(15)21-17/h1-9,11,13,20H,10H2/b14-13+. The second kappa shape index (κ2) is 6.25. The first-order valence-corrected chi connectivity index (χ1v) is 7.55. The Hall–Kier alpha value is -2.57. The van der Waals surface area contributed by atoms with Crippen molar-refractivity contribution >= 4 is 27.1 Å². The van der Waals surface area contributed by atoms with Crippen LogP contribution in [0.3, 0.4) is 0 Å². The number of benzene rings is 2. The second-order valence-electron chi connectivity index (χ2n) is 4.72. The van der Waals surface area contributed by atoms with E-state index in [1.165, 1.54) is 15.0 Å². The van der Waals surface area contributed by atoms with Gasteiger partial charge in [-0.25, -0.2) is 0 Å². The highest BCUT2D eigenvalue weighted by Crippen LogP contribution is 2.27. The molecule has 21 heavy (non-hydrogen) atoms. The van der Waals surface area contributed by atoms with Crippen molar-refractivity contribution in [1.82, 2.24) is 0 Å². The molecular formula is C18H14N2S. The first kappa shape index (κ1) is 13.4. The fourth-order valence-electron chi connectivity index (χ4n) is 2.14. The molecule has 0 spiro atoms. The minimum Gasteiger partial charge on any atom is -0.361 e. The van der Waals surface area contributed by atoms with Crippen LogP contribution in [0.5, 0.6) is 0 Å². The molecule has 0 aliphatic heterocycles. The van der Waals surface area contributed by atoms with Gasteiger partial charge in [-0.1, -0.05) is 36.4 Å². The summed E-state index contributed by atoms with van der Waals surface area (Å²) in [6.45, 7) is 0. The zero-order chi connectivity index (χ0) is 14.5. The SMILES string of the molecule is N#C/C(=C/Nc1ccccc1)Cc1cc2ccccc2s1. The summed E-state index contributed by atoms with van der Waals surface area (Å²) in [5, 5.41) is 13.7. The number of hydrogen-bond donors (Lipinski definition) is 1. The predicted molar refractivity (Wildman–Crippen MR) is 89.3 cm³/mol. The van der Waals surface area contributed by atoms with Crippen molar-refractivity contribution in [3.8, 4) is 6.07 Å². The number of allylic oxidation sites excluding steroid dienone is 1. The molecule has 0 amide bonds. The van der Waals surface area contributed by atoms with E-state index < -0.39 is 0 Å². The molecule has 0 saturated carbocycles. The Morgan fingerprint density at radius 2 is 1.86 bits per heavy atom. The zero-order valence-corrected chi connectivity index (χ0v) is 12.2. The van der Waals surface area contributed by atoms with Crippen molar-refractivity contribution in [2.45, 2.75) is 6.42 Å². The molecule has 0 unspecified atom stereocenters. The van der Waals surface area contributed by atoms with Gasteiger partial charge in [-0.15, -0.1) is 11.3 Å². The van der Waals surface area contributed by atoms with E-state index in [9.17, 15) is 5.26 Å². The van der Waals surface area contributed by atoms with Gasteiger partial charge in [0.25, 0.3) is 0 Å². The van der Waals surface area contributed by atoms with E-state index in [1.54, 1.807) is 17.5 Å². The summed E-state index contributed by atoms with van der Waals surface area (Å²) in [5.74, 6) is 0. The second-order valence-corrected chi connectivity index (χ2v) is 5.89. The lowest BCUT2D eigenvalue weighted by molar-refractivity contribution is 1.24. The Labute approximate surface area is 128 Å². The maximum atomic E-state index is 9.29. The van der Waals surface area contributed by atoms with Gasteiger partial charge in [0.1, 0.15) is 0 Å². The van der Waals surface area contributed by atoms with E-state index >= 15 is 0 Å². The summed E-state index contributed by atoms with van der Waals surface area (Å²) < 4.78 is 1.26. The minimum atomic E-state index is 0.662. The van der Waals surface area contributed by atoms with Gasteiger partial charge >= 0.3 is 0 Å². The predicted octanol–water partition coefficient (Wildman–Crippen LogP) is 4.96. The quantitative estimate of drug-likeness (QED) is 0.689. The molecule has 3 heteroatoms. The van der Waals surface area contributed by atoms with E-state index in [-0.39, 0.29) is 0 Å². The third kappa shape index (κ3) is 3.31. The van der Waals surface area contributed by atoms with E-state index in [0.717, 1.165) is 11.3 Å². The molecule has 1 aromatic heterocycles. The molecule has 2 aromatic carbocycles. The van der Waals surface area contributed by atoms with Crippen LogP contribution in [0, 0.1) is 11.3 Å². The van der Waals surface area contributed by atoms with Gasteiger partial charge in [0, 0.05) is 27.9 Å². The van der Waals surface area contributed by atoms with Crippen LogP contribution < -0.4 is 5.32 Å². The van der Waals surface area contributed by atoms with Gasteiger partial charge in [0.15, 0.2) is 0 Å². The summed E-state index contributed by atoms with van der Waals surface area (Å²) >= 11 is 1.74. The van der Waals surface area contributed by atoms with Crippen molar-refractivity contribution in [3.63, 3.8) is 0 Å². The fraction of sp³-hybridized carbons (Fsp3) is 0.0556. The molecule has 102 valence electrons. The number of thiophene rings is 1. The molecular weight excluding hydrogens is 276 g/mol. The Kier molecular flexibility index (Phi) is 3.99. The number of rotatable bonds is 4. The summed E-state index contributed by atoms with van der Waals surface area (Å²) in [5.41, 5.74) is 1.71. The number of para-hydroxylation sites is 1. The van der Waals surface area contributed by atoms with Crippen LogP contribution in [-0.2, 0) is 6.42 Å². The number of nitrogens with zero attached hydrogens (tertiary/aromatic N) is 1. The maximum Gasteiger partial charge on any atom is 0.0966 e. The smallest absolute Gasteiger partial charge is 0.0966 e. The number of nitrogens with one attached hydrogen (secondary N) is 1. The van der Waals surface area contributed by atoms with Crippen LogP contribution in [0.15, 0.2) is 72.4 Å². The van der Waals surface area contributed by atoms with Crippen molar-refractivity contribution < 1.29 is 0 Å². The van der Waals surface area contributed by atoms with Gasteiger partial charge in [-0.3, -0.25) is 0 Å². The van der Waals surface area contributed by atoms with Crippen molar-refractivity contribution in [2.24, 2.45) is 0 Å². The van der Waals surface area contributed by atoms with E-state index in [1.807, 2.05) is 42.5 Å². The Bertz CT molecular complexity index is 777. The van der Waals surface area contributed by atoms with E-state index in [0.29, 0.717) is 6.42 Å². The molecule has 0 saturated heterocycles. The van der Waals surface area contributed by atoms with E-state index in [2.05, 4.69) is 29.6 Å². The summed E-state index contributed by atoms with van der Waals surface area (Å²) in [6.07, 6.45) is 2.45. The Balaban J connectivity index is 1.76. The van der Waals surface area contributed by atoms with Gasteiger partial charge in [0.05, 0.1) is 11.6 Å². The molecule has 0 aliphatic carbocycles. The first-order valence-electron chi connectivity index (χ1n) is 6.73. The van der Waals surface area contributed by atoms with Gasteiger partial charge < -0.3 is 5.32 Å². The lowest BCUT2D eigenvalue weighted by Crippen LogP contribution is -1.92. The zero-order valence-electron chi connectivity index (χ0n) is 11.4. The van der Waals surface area contributed by atoms with Crippen molar-refractivity contribution in [2.75, 3.05) is 5.32 Å². The van der Waals surface area contributed by atoms with Crippen LogP contribution >= 0.6 is 11.3 Å². The first-order chi connectivity index (χ1) is 10.3. The molecule has 1 N–H and O–H groups in total. The van der Waals surface area contributed by atoms with Gasteiger partial charge in [-0.2, -0.15) is 5.26 Å². The normalized spacial score (nSPS) is 11.3. The Morgan fingerprint density at radius 1 is 1.10 bits per heavy atom. The lowest BCUT2D eigenvalue weighted by Gasteiger charge is -2.01. The summed E-state index contributed by atoms with van der Waals surface area (Å²) in [7, 11) is 0. The highest BCUT2D eigenvalue weighted by molar-refractivity contribution is 7.19. The summed E-state index contributed by atoms with van der Waals surface area (Å²) in [6, 6.07) is 22.6. The molecule has 2 nitrogen and oxygen atoms in total. The van der Waals surface area contributed by atoms with Gasteiger partial charge in [-0.05, 0) is 29.7 Å². The minimum absolute atomic E-state index is 0.662. The number of anilines is 1. The maximum absolute atomic E-state index is 9.29. The highest BCUT2D eigenvalue weighted by Gasteiger charge is 2.04. The Morgan fingerprint density at radius 3 is 2.62 bits per heavy atom. The van der Waals surface area contributed by atoms with Crippen LogP contribution in [0.4, 0.5) is 5.69 Å². The third-order valence-electron chi connectivity index (χ3n) is 3.17. The van der Waals surface area contributed by atoms with Crippen LogP contribution in [0.2, 0.25) is 0 Å². The largest absolute Gasteiger partial charge is 0.361 e. The van der Waals surface area contributed by atoms with Crippen LogP contribution in [0.1, 0.15) is 4.88 Å². The molecule has 0 aliphatic rings. The molecule has 0 bridgehead atoms. The fourth-order valence-corrected chi connectivity index (χ4v) is 3.23. The highest BCUT2D eigenvalue weighted by atomic mass is 32.1. The van der Waals surface area contributed by atoms with E-state index in [4.69, 9.17) is 0 Å². The average Bonchev–Trinajstić information content (AvgIpc) is 2.94. The molecule has 3 rings (SSSR count). The molecule has 3 aromatic rings. The van der Waals surface area contributed by atoms with Crippen molar-refractivity contribution in [1.29, 1.82) is 5.26 Å². The number of fused-ring (bicyclic) bond motifs is 1. The average molecular weight is 290 g/mol. The molecule has 0 radical (unpaired) electrons.